The fourth-order valence-corrected chi connectivity index (χ4v) is 12.6. The third kappa shape index (κ3) is 16.3. The normalized spacial score (nSPS) is 13.4. The lowest BCUT2D eigenvalue weighted by atomic mass is 9.81. The number of para-hydroxylation sites is 2. The van der Waals surface area contributed by atoms with Crippen molar-refractivity contribution in [3.05, 3.63) is 236 Å². The van der Waals surface area contributed by atoms with Gasteiger partial charge in [-0.25, -0.2) is 61.0 Å². The van der Waals surface area contributed by atoms with Crippen molar-refractivity contribution in [3.8, 4) is 46.2 Å². The summed E-state index contributed by atoms with van der Waals surface area (Å²) in [5.41, 5.74) is -0.0922. The van der Waals surface area contributed by atoms with E-state index in [1.165, 1.54) is 119 Å². The molecule has 0 radical (unpaired) electrons. The molecule has 0 aliphatic carbocycles. The van der Waals surface area contributed by atoms with E-state index in [9.17, 15) is 37.3 Å². The number of carbonyl (C=O) groups is 2. The van der Waals surface area contributed by atoms with Gasteiger partial charge < -0.3 is 28.0 Å². The summed E-state index contributed by atoms with van der Waals surface area (Å²) in [6, 6.07) is 35.4. The highest BCUT2D eigenvalue weighted by atomic mass is 32.1. The highest BCUT2D eigenvalue weighted by Gasteiger charge is 2.47. The summed E-state index contributed by atoms with van der Waals surface area (Å²) in [5, 5.41) is 31.3. The largest absolute Gasteiger partial charge is 0.524 e. The van der Waals surface area contributed by atoms with Gasteiger partial charge in [0.25, 0.3) is 0 Å². The number of esters is 2. The van der Waals surface area contributed by atoms with Gasteiger partial charge in [-0.15, -0.1) is 22.7 Å². The molecule has 2 unspecified atom stereocenters. The number of hydrogen-bond donors (Lipinski definition) is 2. The third-order valence-electron chi connectivity index (χ3n) is 14.1. The van der Waals surface area contributed by atoms with Crippen molar-refractivity contribution in [2.24, 2.45) is 0 Å². The first-order chi connectivity index (χ1) is 44.0. The minimum absolute atomic E-state index is 0.0184. The summed E-state index contributed by atoms with van der Waals surface area (Å²) in [5.74, 6) is -7.16. The molecule has 6 aromatic carbocycles. The van der Waals surface area contributed by atoms with Gasteiger partial charge in [-0.05, 0) is 60.7 Å². The van der Waals surface area contributed by atoms with E-state index in [1.54, 1.807) is 79.9 Å². The predicted molar refractivity (Wildman–Crippen MR) is 326 cm³/mol. The van der Waals surface area contributed by atoms with E-state index in [-0.39, 0.29) is 41.1 Å². The Balaban J connectivity index is 0.000000217. The molecule has 10 aromatic rings. The molecule has 0 bridgehead atoms. The molecule has 0 aliphatic heterocycles. The van der Waals surface area contributed by atoms with Crippen molar-refractivity contribution in [1.29, 1.82) is 10.5 Å². The number of hydrogen-bond acceptors (Lipinski definition) is 20. The molecule has 0 fully saturated rings. The first kappa shape index (κ1) is 66.8. The molecular weight excluding hydrogens is 1280 g/mol. The Kier molecular flexibility index (Phi) is 21.2. The number of ether oxygens (including phenoxy) is 4. The number of nitriles is 2. The highest BCUT2D eigenvalue weighted by Crippen LogP contribution is 2.47. The number of phosphoric acid groups is 1. The van der Waals surface area contributed by atoms with Gasteiger partial charge in [0, 0.05) is 70.3 Å². The molecule has 0 saturated carbocycles. The van der Waals surface area contributed by atoms with Crippen LogP contribution in [0.2, 0.25) is 0 Å². The van der Waals surface area contributed by atoms with Crippen molar-refractivity contribution in [1.82, 2.24) is 39.5 Å². The molecule has 92 heavy (non-hydrogen) atoms. The molecule has 0 amide bonds. The maximum atomic E-state index is 15.7. The number of carbonyl (C=O) groups excluding carboxylic acids is 2. The molecule has 4 atom stereocenters. The molecule has 0 aliphatic rings. The van der Waals surface area contributed by atoms with E-state index in [4.69, 9.17) is 44.0 Å². The molecular formula is C62H52F4N10O12P2S2. The van der Waals surface area contributed by atoms with Crippen LogP contribution >= 0.6 is 37.9 Å². The van der Waals surface area contributed by atoms with Crippen molar-refractivity contribution in [3.63, 3.8) is 0 Å². The fraction of sp³-hybridized carbons (Fsp3) is 0.194. The van der Waals surface area contributed by atoms with Gasteiger partial charge in [0.1, 0.15) is 82.4 Å². The number of nitrogens with zero attached hydrogens (tertiary/aromatic N) is 10. The van der Waals surface area contributed by atoms with Crippen molar-refractivity contribution >= 4 is 49.8 Å². The van der Waals surface area contributed by atoms with Gasteiger partial charge in [-0.2, -0.15) is 20.7 Å². The lowest BCUT2D eigenvalue weighted by Gasteiger charge is -2.38. The van der Waals surface area contributed by atoms with E-state index in [1.807, 2.05) is 5.38 Å². The van der Waals surface area contributed by atoms with E-state index < -0.39 is 92.8 Å². The zero-order valence-corrected chi connectivity index (χ0v) is 52.2. The van der Waals surface area contributed by atoms with Gasteiger partial charge in [-0.1, -0.05) is 74.5 Å². The van der Waals surface area contributed by atoms with Crippen LogP contribution in [0.4, 0.5) is 17.6 Å². The third-order valence-corrected chi connectivity index (χ3v) is 17.2. The summed E-state index contributed by atoms with van der Waals surface area (Å²) in [6.07, 6.45) is 5.36. The van der Waals surface area contributed by atoms with Crippen LogP contribution < -0.4 is 9.05 Å². The molecule has 0 spiro atoms. The van der Waals surface area contributed by atoms with Crippen molar-refractivity contribution in [2.75, 3.05) is 26.9 Å². The summed E-state index contributed by atoms with van der Waals surface area (Å²) in [4.78, 5) is 62.2. The molecule has 472 valence electrons. The van der Waals surface area contributed by atoms with Crippen LogP contribution in [0.15, 0.2) is 170 Å². The number of benzene rings is 6. The second kappa shape index (κ2) is 29.1. The summed E-state index contributed by atoms with van der Waals surface area (Å²) in [7, 11) is -8.02. The summed E-state index contributed by atoms with van der Waals surface area (Å²) >= 11 is 2.55. The Bertz CT molecular complexity index is 4130. The van der Waals surface area contributed by atoms with Crippen LogP contribution in [0.1, 0.15) is 78.7 Å². The Morgan fingerprint density at radius 3 is 1.36 bits per heavy atom. The SMILES string of the molecule is C[C@@H](c1nc(-c2ccc(C#N)cc2)cs1)C(Cn1cncn1)(OCOC(=O)c1ccccc1OP(=O)(O)O)c1ccc(F)cc1F.C[C@@H](c1nc(-c2ccc(C#N)cc2)cs1)C(Cn1cncn1)(OCOC(=O)c1ccccc1OP(C)(C)=O)c1ccc(F)cc1F. The standard InChI is InChI=1S/C32H28F2N5O5PS.C30H24F2N5O7PS/c1-21(30-38-28(16-46-30)23-10-8-22(15-35)9-11-23)32(17-39-19-36-18-37-39,26-13-12-24(33)14-27(26)34)43-20-42-31(40)25-6-4-5-7-29(25)44-45(2,3)41;1-19(28-36-26(14-46-28)21-8-6-20(13-33)7-9-21)30(15-37-17-34-16-35-37,24-11-10-22(31)12-25(24)32)43-18-42-29(38)23-4-2-3-5-27(23)44-45(39,40)41/h4-14,16,18-19,21H,17,20H2,1-3H3;2-12,14,16-17,19H,15,18H2,1H3,(H2,39,40,41)/t21-,32?;19-,30?/m00/s1. The number of phosphoric ester groups is 1. The van der Waals surface area contributed by atoms with Crippen molar-refractivity contribution in [2.45, 2.75) is 50.0 Å². The minimum Gasteiger partial charge on any atom is -0.442 e. The van der Waals surface area contributed by atoms with Crippen LogP contribution in [0.5, 0.6) is 11.5 Å². The molecule has 10 rings (SSSR count). The zero-order valence-electron chi connectivity index (χ0n) is 48.8. The van der Waals surface area contributed by atoms with Crippen LogP contribution in [-0.2, 0) is 52.4 Å². The monoisotopic (exact) mass is 1330 g/mol. The summed E-state index contributed by atoms with van der Waals surface area (Å²) in [6.45, 7) is 4.58. The van der Waals surface area contributed by atoms with Crippen LogP contribution in [0, 0.1) is 45.9 Å². The quantitative estimate of drug-likeness (QED) is 0.0246. The highest BCUT2D eigenvalue weighted by molar-refractivity contribution is 7.57. The van der Waals surface area contributed by atoms with E-state index in [0.29, 0.717) is 38.6 Å². The van der Waals surface area contributed by atoms with Crippen molar-refractivity contribution < 1.29 is 74.1 Å². The Morgan fingerprint density at radius 1 is 0.598 bits per heavy atom. The van der Waals surface area contributed by atoms with Crippen LogP contribution in [0.25, 0.3) is 22.5 Å². The number of thiazole rings is 2. The molecule has 30 heteroatoms. The first-order valence-electron chi connectivity index (χ1n) is 27.3. The second-order valence-corrected chi connectivity index (χ2v) is 26.1. The number of halogens is 4. The smallest absolute Gasteiger partial charge is 0.442 e. The average molecular weight is 1330 g/mol. The molecule has 2 N–H and O–H groups in total. The van der Waals surface area contributed by atoms with Gasteiger partial charge in [0.2, 0.25) is 7.37 Å². The maximum absolute atomic E-state index is 15.7. The molecule has 0 saturated heterocycles. The topological polar surface area (TPSA) is 299 Å². The number of aromatic nitrogens is 8. The fourth-order valence-electron chi connectivity index (χ4n) is 9.58. The Hall–Kier alpha value is -9.60. The molecule has 4 aromatic heterocycles. The lowest BCUT2D eigenvalue weighted by Crippen LogP contribution is -2.42. The molecule has 4 heterocycles. The summed E-state index contributed by atoms with van der Waals surface area (Å²) < 4.78 is 120. The predicted octanol–water partition coefficient (Wildman–Crippen LogP) is 12.6. The van der Waals surface area contributed by atoms with Gasteiger partial charge >= 0.3 is 19.8 Å². The lowest BCUT2D eigenvalue weighted by molar-refractivity contribution is -0.148. The zero-order chi connectivity index (χ0) is 65.8. The van der Waals surface area contributed by atoms with Gasteiger partial charge in [0.05, 0.1) is 57.8 Å². The Morgan fingerprint density at radius 2 is 1.00 bits per heavy atom. The number of rotatable bonds is 24. The van der Waals surface area contributed by atoms with E-state index in [0.717, 1.165) is 29.3 Å². The van der Waals surface area contributed by atoms with Gasteiger partial charge in [-0.3, -0.25) is 14.4 Å². The van der Waals surface area contributed by atoms with E-state index >= 15 is 8.78 Å². The van der Waals surface area contributed by atoms with E-state index in [2.05, 4.69) is 36.8 Å². The molecule has 22 nitrogen and oxygen atoms in total. The minimum atomic E-state index is -5.01. The Labute approximate surface area is 530 Å². The maximum Gasteiger partial charge on any atom is 0.524 e. The average Bonchev–Trinajstić information content (AvgIpc) is 1.27. The second-order valence-electron chi connectivity index (χ2n) is 20.5. The first-order valence-corrected chi connectivity index (χ1v) is 33.1. The van der Waals surface area contributed by atoms with Gasteiger partial charge in [0.15, 0.2) is 13.6 Å². The van der Waals surface area contributed by atoms with Crippen LogP contribution in [-0.4, -0.2) is 88.1 Å². The van der Waals surface area contributed by atoms with Crippen LogP contribution in [0.3, 0.4) is 0 Å².